The lowest BCUT2D eigenvalue weighted by atomic mass is 10.2. The number of aromatic nitrogens is 2. The number of hydrogen-bond donors (Lipinski definition) is 3. The summed E-state index contributed by atoms with van der Waals surface area (Å²) in [4.78, 5) is 8.27. The van der Waals surface area contributed by atoms with E-state index in [4.69, 9.17) is 14.2 Å². The summed E-state index contributed by atoms with van der Waals surface area (Å²) in [6.45, 7) is 0. The molecule has 4 rings (SSSR count). The molecule has 0 saturated heterocycles. The smallest absolute Gasteiger partial charge is 0.229 e. The highest BCUT2D eigenvalue weighted by Gasteiger charge is 2.15. The van der Waals surface area contributed by atoms with Crippen LogP contribution in [0.3, 0.4) is 0 Å². The standard InChI is InChI=1S/C26H26FN5O4S/c1-34-22-13-20(14-23(35-2)24(22)36-3)30-26-28-15-21(27)25(31-26)29-18-9-11-19(12-10-18)32-37(33)16-17-7-5-4-6-8-17/h4-15,32H,16H2,1-3H3,(H2,28,29,30,31). The first kappa shape index (κ1) is 25.7. The van der Waals surface area contributed by atoms with Gasteiger partial charge in [-0.3, -0.25) is 0 Å². The number of nitrogens with zero attached hydrogens (tertiary/aromatic N) is 2. The van der Waals surface area contributed by atoms with Gasteiger partial charge in [-0.2, -0.15) is 4.98 Å². The van der Waals surface area contributed by atoms with Gasteiger partial charge in [0.2, 0.25) is 11.7 Å². The molecule has 0 aliphatic heterocycles. The van der Waals surface area contributed by atoms with Crippen molar-refractivity contribution in [1.82, 2.24) is 9.97 Å². The molecule has 9 nitrogen and oxygen atoms in total. The topological polar surface area (TPSA) is 107 Å². The molecule has 1 aromatic heterocycles. The van der Waals surface area contributed by atoms with Crippen LogP contribution >= 0.6 is 0 Å². The number of methoxy groups -OCH3 is 3. The molecule has 0 amide bonds. The van der Waals surface area contributed by atoms with Crippen LogP contribution in [0, 0.1) is 5.82 Å². The minimum Gasteiger partial charge on any atom is -0.493 e. The number of rotatable bonds is 11. The molecule has 4 aromatic rings. The fraction of sp³-hybridized carbons (Fsp3) is 0.154. The van der Waals surface area contributed by atoms with Crippen molar-refractivity contribution in [2.24, 2.45) is 0 Å². The molecule has 192 valence electrons. The summed E-state index contributed by atoms with van der Waals surface area (Å²) in [5.41, 5.74) is 2.80. The molecule has 0 bridgehead atoms. The third-order valence-electron chi connectivity index (χ3n) is 5.18. The molecule has 0 aliphatic rings. The second-order valence-electron chi connectivity index (χ2n) is 7.71. The third-order valence-corrected chi connectivity index (χ3v) is 6.24. The van der Waals surface area contributed by atoms with Gasteiger partial charge in [0.25, 0.3) is 0 Å². The molecular weight excluding hydrogens is 497 g/mol. The van der Waals surface area contributed by atoms with Crippen LogP contribution in [-0.4, -0.2) is 35.5 Å². The molecular formula is C26H26FN5O4S. The highest BCUT2D eigenvalue weighted by atomic mass is 32.2. The predicted molar refractivity (Wildman–Crippen MR) is 143 cm³/mol. The second-order valence-corrected chi connectivity index (χ2v) is 8.89. The Labute approximate surface area is 216 Å². The van der Waals surface area contributed by atoms with Gasteiger partial charge < -0.3 is 29.6 Å². The van der Waals surface area contributed by atoms with Crippen LogP contribution < -0.4 is 29.6 Å². The van der Waals surface area contributed by atoms with Gasteiger partial charge in [-0.15, -0.1) is 0 Å². The van der Waals surface area contributed by atoms with Crippen LogP contribution in [0.2, 0.25) is 0 Å². The normalized spacial score (nSPS) is 11.4. The number of benzene rings is 3. The molecule has 11 heteroatoms. The maximum absolute atomic E-state index is 14.5. The van der Waals surface area contributed by atoms with Crippen LogP contribution in [0.4, 0.5) is 33.2 Å². The van der Waals surface area contributed by atoms with Crippen LogP contribution in [0.1, 0.15) is 5.56 Å². The van der Waals surface area contributed by atoms with E-state index in [1.165, 1.54) is 21.3 Å². The van der Waals surface area contributed by atoms with Gasteiger partial charge >= 0.3 is 0 Å². The van der Waals surface area contributed by atoms with E-state index in [9.17, 15) is 8.60 Å². The summed E-state index contributed by atoms with van der Waals surface area (Å²) in [7, 11) is 3.26. The molecule has 0 aliphatic carbocycles. The van der Waals surface area contributed by atoms with E-state index in [2.05, 4.69) is 25.3 Å². The molecule has 0 fully saturated rings. The first-order chi connectivity index (χ1) is 18.0. The van der Waals surface area contributed by atoms with Crippen molar-refractivity contribution in [3.05, 3.63) is 84.3 Å². The van der Waals surface area contributed by atoms with Crippen molar-refractivity contribution >= 4 is 39.8 Å². The van der Waals surface area contributed by atoms with Crippen LogP contribution in [0.25, 0.3) is 0 Å². The predicted octanol–water partition coefficient (Wildman–Crippen LogP) is 5.40. The summed E-state index contributed by atoms with van der Waals surface area (Å²) in [5, 5.41) is 5.96. The van der Waals surface area contributed by atoms with Crippen LogP contribution in [0.5, 0.6) is 17.2 Å². The van der Waals surface area contributed by atoms with Crippen LogP contribution in [0.15, 0.2) is 72.9 Å². The molecule has 0 saturated carbocycles. The van der Waals surface area contributed by atoms with Gasteiger partial charge in [-0.05, 0) is 29.8 Å². The number of nitrogens with one attached hydrogen (secondary N) is 3. The molecule has 1 heterocycles. The zero-order chi connectivity index (χ0) is 26.2. The van der Waals surface area contributed by atoms with Crippen molar-refractivity contribution in [2.45, 2.75) is 5.75 Å². The molecule has 1 unspecified atom stereocenters. The summed E-state index contributed by atoms with van der Waals surface area (Å²) in [6, 6.07) is 19.9. The Kier molecular flexibility index (Phi) is 8.37. The largest absolute Gasteiger partial charge is 0.493 e. The summed E-state index contributed by atoms with van der Waals surface area (Å²) in [6.07, 6.45) is 1.07. The lowest BCUT2D eigenvalue weighted by Crippen LogP contribution is -2.07. The van der Waals surface area contributed by atoms with Gasteiger partial charge in [0.1, 0.15) is 11.0 Å². The molecule has 37 heavy (non-hydrogen) atoms. The van der Waals surface area contributed by atoms with Gasteiger partial charge in [-0.25, -0.2) is 13.6 Å². The minimum atomic E-state index is -1.29. The fourth-order valence-electron chi connectivity index (χ4n) is 3.45. The quantitative estimate of drug-likeness (QED) is 0.240. The lowest BCUT2D eigenvalue weighted by Gasteiger charge is -2.15. The number of hydrogen-bond acceptors (Lipinski definition) is 8. The maximum atomic E-state index is 14.5. The Morgan fingerprint density at radius 2 is 1.49 bits per heavy atom. The van der Waals surface area contributed by atoms with E-state index < -0.39 is 16.8 Å². The van der Waals surface area contributed by atoms with Crippen molar-refractivity contribution in [2.75, 3.05) is 36.7 Å². The zero-order valence-corrected chi connectivity index (χ0v) is 21.3. The Balaban J connectivity index is 1.44. The summed E-state index contributed by atoms with van der Waals surface area (Å²) < 4.78 is 45.9. The number of halogens is 1. The third kappa shape index (κ3) is 6.64. The van der Waals surface area contributed by atoms with E-state index in [1.807, 2.05) is 30.3 Å². The van der Waals surface area contributed by atoms with Crippen molar-refractivity contribution in [3.63, 3.8) is 0 Å². The second kappa shape index (κ2) is 12.0. The average Bonchev–Trinajstić information content (AvgIpc) is 2.91. The van der Waals surface area contributed by atoms with Crippen LogP contribution in [-0.2, 0) is 16.7 Å². The van der Waals surface area contributed by atoms with Crippen molar-refractivity contribution < 1.29 is 22.8 Å². The first-order valence-electron chi connectivity index (χ1n) is 11.1. The first-order valence-corrected chi connectivity index (χ1v) is 12.5. The van der Waals surface area contributed by atoms with E-state index in [0.29, 0.717) is 40.1 Å². The van der Waals surface area contributed by atoms with Crippen molar-refractivity contribution in [3.8, 4) is 17.2 Å². The van der Waals surface area contributed by atoms with E-state index in [-0.39, 0.29) is 11.8 Å². The molecule has 0 spiro atoms. The Hall–Kier alpha value is -4.38. The SMILES string of the molecule is COc1cc(Nc2ncc(F)c(Nc3ccc(NS(=O)Cc4ccccc4)cc3)n2)cc(OC)c1OC. The lowest BCUT2D eigenvalue weighted by molar-refractivity contribution is 0.324. The van der Waals surface area contributed by atoms with Gasteiger partial charge in [0.05, 0.1) is 33.3 Å². The summed E-state index contributed by atoms with van der Waals surface area (Å²) >= 11 is 0. The van der Waals surface area contributed by atoms with Gasteiger partial charge in [-0.1, -0.05) is 30.3 Å². The molecule has 3 N–H and O–H groups in total. The van der Waals surface area contributed by atoms with Gasteiger partial charge in [0, 0.05) is 29.2 Å². The molecule has 1 atom stereocenters. The highest BCUT2D eigenvalue weighted by molar-refractivity contribution is 7.85. The Morgan fingerprint density at radius 3 is 2.11 bits per heavy atom. The molecule has 3 aromatic carbocycles. The number of ether oxygens (including phenoxy) is 3. The van der Waals surface area contributed by atoms with E-state index >= 15 is 0 Å². The average molecular weight is 524 g/mol. The van der Waals surface area contributed by atoms with Crippen molar-refractivity contribution in [1.29, 1.82) is 0 Å². The fourth-order valence-corrected chi connectivity index (χ4v) is 4.42. The summed E-state index contributed by atoms with van der Waals surface area (Å²) in [5.74, 6) is 1.24. The molecule has 0 radical (unpaired) electrons. The van der Waals surface area contributed by atoms with E-state index in [1.54, 1.807) is 36.4 Å². The maximum Gasteiger partial charge on any atom is 0.229 e. The van der Waals surface area contributed by atoms with Gasteiger partial charge in [0.15, 0.2) is 23.1 Å². The monoisotopic (exact) mass is 523 g/mol. The van der Waals surface area contributed by atoms with E-state index in [0.717, 1.165) is 11.8 Å². The Morgan fingerprint density at radius 1 is 0.838 bits per heavy atom. The zero-order valence-electron chi connectivity index (χ0n) is 20.4. The number of anilines is 5. The highest BCUT2D eigenvalue weighted by Crippen LogP contribution is 2.40. The minimum absolute atomic E-state index is 0.0155. The Bertz CT molecular complexity index is 1350.